The van der Waals surface area contributed by atoms with Gasteiger partial charge in [0.15, 0.2) is 0 Å². The maximum absolute atomic E-state index is 13.5. The molecule has 3 aromatic rings. The van der Waals surface area contributed by atoms with E-state index in [1.165, 1.54) is 43.0 Å². The van der Waals surface area contributed by atoms with Gasteiger partial charge in [-0.2, -0.15) is 0 Å². The van der Waals surface area contributed by atoms with Crippen LogP contribution in [0.1, 0.15) is 46.0 Å². The molecule has 14 nitrogen and oxygen atoms in total. The molecular formula is C31H30N6O8. The van der Waals surface area contributed by atoms with E-state index in [4.69, 9.17) is 9.47 Å². The lowest BCUT2D eigenvalue weighted by molar-refractivity contribution is -0.384. The number of nitrogens with zero attached hydrogens (tertiary/aromatic N) is 3. The molecule has 0 radical (unpaired) electrons. The number of benzene rings is 1. The zero-order chi connectivity index (χ0) is 32.3. The van der Waals surface area contributed by atoms with E-state index in [1.807, 2.05) is 0 Å². The van der Waals surface area contributed by atoms with Crippen molar-refractivity contribution in [2.45, 2.75) is 19.8 Å². The Labute approximate surface area is 257 Å². The number of carbonyl (C=O) groups excluding carboxylic acids is 4. The lowest BCUT2D eigenvalue weighted by Gasteiger charge is -2.30. The van der Waals surface area contributed by atoms with Crippen molar-refractivity contribution in [2.75, 3.05) is 26.3 Å². The fourth-order valence-corrected chi connectivity index (χ4v) is 4.66. The predicted octanol–water partition coefficient (Wildman–Crippen LogP) is 2.57. The molecule has 1 aliphatic rings. The van der Waals surface area contributed by atoms with Crippen molar-refractivity contribution >= 4 is 29.4 Å². The Hall–Kier alpha value is -5.92. The van der Waals surface area contributed by atoms with Gasteiger partial charge in [-0.05, 0) is 43.7 Å². The smallest absolute Gasteiger partial charge is 0.336 e. The minimum atomic E-state index is -1.08. The van der Waals surface area contributed by atoms with E-state index in [9.17, 15) is 29.3 Å². The number of aromatic nitrogens is 2. The molecule has 3 heterocycles. The SMILES string of the molecule is CC1=C(C(=O)OCCNC(=O)c2cccnc2)C(c2cccc([N+](=O)[O-])c2)C(C(=O)OCCNC(=O)c2cccnc2)=C(C)N1. The highest BCUT2D eigenvalue weighted by molar-refractivity contribution is 6.00. The summed E-state index contributed by atoms with van der Waals surface area (Å²) in [6.45, 7) is 2.84. The summed E-state index contributed by atoms with van der Waals surface area (Å²) in [7, 11) is 0. The number of allylic oxidation sites excluding steroid dienone is 2. The summed E-state index contributed by atoms with van der Waals surface area (Å²) in [6, 6.07) is 12.0. The van der Waals surface area contributed by atoms with Crippen LogP contribution in [0.25, 0.3) is 0 Å². The van der Waals surface area contributed by atoms with E-state index >= 15 is 0 Å². The molecule has 3 N–H and O–H groups in total. The highest BCUT2D eigenvalue weighted by atomic mass is 16.6. The van der Waals surface area contributed by atoms with Crippen LogP contribution in [0.2, 0.25) is 0 Å². The largest absolute Gasteiger partial charge is 0.460 e. The second-order valence-corrected chi connectivity index (χ2v) is 9.75. The van der Waals surface area contributed by atoms with Crippen LogP contribution < -0.4 is 16.0 Å². The third kappa shape index (κ3) is 8.13. The average molecular weight is 615 g/mol. The summed E-state index contributed by atoms with van der Waals surface area (Å²) in [6.07, 6.45) is 5.87. The molecule has 0 atom stereocenters. The number of carbonyl (C=O) groups is 4. The van der Waals surface area contributed by atoms with Gasteiger partial charge in [0.25, 0.3) is 17.5 Å². The van der Waals surface area contributed by atoms with E-state index in [1.54, 1.807) is 44.2 Å². The first-order valence-electron chi connectivity index (χ1n) is 13.8. The molecule has 45 heavy (non-hydrogen) atoms. The number of hydrogen-bond donors (Lipinski definition) is 3. The Kier molecular flexibility index (Phi) is 10.7. The van der Waals surface area contributed by atoms with E-state index < -0.39 is 34.6 Å². The van der Waals surface area contributed by atoms with Crippen LogP contribution in [0.4, 0.5) is 5.69 Å². The number of non-ortho nitro benzene ring substituents is 1. The minimum Gasteiger partial charge on any atom is -0.460 e. The van der Waals surface area contributed by atoms with Gasteiger partial charge in [0.2, 0.25) is 0 Å². The van der Waals surface area contributed by atoms with E-state index in [0.717, 1.165) is 0 Å². The van der Waals surface area contributed by atoms with Gasteiger partial charge >= 0.3 is 11.9 Å². The van der Waals surface area contributed by atoms with Gasteiger partial charge in [0.1, 0.15) is 13.2 Å². The minimum absolute atomic E-state index is 0.00473. The topological polar surface area (TPSA) is 192 Å². The van der Waals surface area contributed by atoms with Crippen LogP contribution in [0.15, 0.2) is 95.9 Å². The van der Waals surface area contributed by atoms with Crippen molar-refractivity contribution < 1.29 is 33.6 Å². The van der Waals surface area contributed by atoms with Crippen molar-refractivity contribution in [3.63, 3.8) is 0 Å². The second kappa shape index (κ2) is 15.0. The summed E-state index contributed by atoms with van der Waals surface area (Å²) < 4.78 is 10.9. The molecule has 2 aromatic heterocycles. The predicted molar refractivity (Wildman–Crippen MR) is 159 cm³/mol. The van der Waals surface area contributed by atoms with Crippen LogP contribution in [0.3, 0.4) is 0 Å². The molecule has 232 valence electrons. The highest BCUT2D eigenvalue weighted by Gasteiger charge is 2.38. The van der Waals surface area contributed by atoms with E-state index in [0.29, 0.717) is 22.5 Å². The van der Waals surface area contributed by atoms with Crippen molar-refractivity contribution in [2.24, 2.45) is 0 Å². The molecule has 0 saturated carbocycles. The normalized spacial score (nSPS) is 13.0. The Morgan fingerprint density at radius 3 is 1.78 bits per heavy atom. The second-order valence-electron chi connectivity index (χ2n) is 9.75. The fourth-order valence-electron chi connectivity index (χ4n) is 4.66. The van der Waals surface area contributed by atoms with Gasteiger partial charge < -0.3 is 25.4 Å². The average Bonchev–Trinajstić information content (AvgIpc) is 3.05. The van der Waals surface area contributed by atoms with Gasteiger partial charge in [-0.25, -0.2) is 9.59 Å². The third-order valence-corrected chi connectivity index (χ3v) is 6.70. The van der Waals surface area contributed by atoms with Gasteiger partial charge in [0.05, 0.1) is 46.2 Å². The van der Waals surface area contributed by atoms with Crippen molar-refractivity contribution in [1.29, 1.82) is 0 Å². The molecule has 2 amide bonds. The Balaban J connectivity index is 1.49. The van der Waals surface area contributed by atoms with Crippen molar-refractivity contribution in [3.05, 3.63) is 123 Å². The number of nitro groups is 1. The summed E-state index contributed by atoms with van der Waals surface area (Å²) >= 11 is 0. The molecule has 1 aromatic carbocycles. The van der Waals surface area contributed by atoms with Crippen LogP contribution >= 0.6 is 0 Å². The first kappa shape index (κ1) is 32.0. The number of ether oxygens (including phenoxy) is 2. The molecule has 0 spiro atoms. The number of amides is 2. The molecule has 0 fully saturated rings. The lowest BCUT2D eigenvalue weighted by atomic mass is 9.80. The van der Waals surface area contributed by atoms with Crippen molar-refractivity contribution in [1.82, 2.24) is 25.9 Å². The maximum Gasteiger partial charge on any atom is 0.336 e. The van der Waals surface area contributed by atoms with E-state index in [2.05, 4.69) is 25.9 Å². The monoisotopic (exact) mass is 614 g/mol. The standard InChI is InChI=1S/C31H30N6O8/c1-19-25(30(40)44-14-12-34-28(38)22-7-4-10-32-17-22)27(21-6-3-9-24(16-21)37(42)43)26(20(2)36-19)31(41)45-15-13-35-29(39)23-8-5-11-33-18-23/h3-11,16-18,27,36H,12-15H2,1-2H3,(H,34,38)(H,35,39). The summed E-state index contributed by atoms with van der Waals surface area (Å²) in [5, 5.41) is 19.8. The number of dihydropyridines is 1. The molecule has 0 unspecified atom stereocenters. The van der Waals surface area contributed by atoms with Crippen molar-refractivity contribution in [3.8, 4) is 0 Å². The Bertz CT molecular complexity index is 1560. The van der Waals surface area contributed by atoms with Crippen LogP contribution in [0.5, 0.6) is 0 Å². The quantitative estimate of drug-likeness (QED) is 0.118. The van der Waals surface area contributed by atoms with Crippen LogP contribution in [-0.4, -0.2) is 64.9 Å². The summed E-state index contributed by atoms with van der Waals surface area (Å²) in [5.74, 6) is -3.48. The zero-order valence-electron chi connectivity index (χ0n) is 24.4. The summed E-state index contributed by atoms with van der Waals surface area (Å²) in [5.41, 5.74) is 1.54. The first-order valence-corrected chi connectivity index (χ1v) is 13.8. The van der Waals surface area contributed by atoms with Gasteiger partial charge in [-0.3, -0.25) is 29.7 Å². The van der Waals surface area contributed by atoms with Gasteiger partial charge in [0, 0.05) is 48.3 Å². The Morgan fingerprint density at radius 2 is 1.33 bits per heavy atom. The van der Waals surface area contributed by atoms with E-state index in [-0.39, 0.29) is 48.7 Å². The first-order chi connectivity index (χ1) is 21.7. The van der Waals surface area contributed by atoms with Gasteiger partial charge in [-0.15, -0.1) is 0 Å². The van der Waals surface area contributed by atoms with Crippen LogP contribution in [0, 0.1) is 10.1 Å². The zero-order valence-corrected chi connectivity index (χ0v) is 24.4. The number of nitro benzene ring substituents is 1. The fraction of sp³-hybridized carbons (Fsp3) is 0.226. The molecule has 4 rings (SSSR count). The molecular weight excluding hydrogens is 584 g/mol. The molecule has 14 heteroatoms. The van der Waals surface area contributed by atoms with Crippen LogP contribution in [-0.2, 0) is 19.1 Å². The highest BCUT2D eigenvalue weighted by Crippen LogP contribution is 2.40. The number of nitrogens with one attached hydrogen (secondary N) is 3. The molecule has 0 bridgehead atoms. The van der Waals surface area contributed by atoms with Gasteiger partial charge in [-0.1, -0.05) is 12.1 Å². The third-order valence-electron chi connectivity index (χ3n) is 6.70. The molecule has 0 aliphatic carbocycles. The number of rotatable bonds is 12. The number of pyridine rings is 2. The Morgan fingerprint density at radius 1 is 0.822 bits per heavy atom. The molecule has 0 saturated heterocycles. The summed E-state index contributed by atoms with van der Waals surface area (Å²) in [4.78, 5) is 70.3. The number of esters is 2. The number of hydrogen-bond acceptors (Lipinski definition) is 11. The maximum atomic E-state index is 13.5. The molecule has 1 aliphatic heterocycles. The lowest BCUT2D eigenvalue weighted by Crippen LogP contribution is -2.34.